The number of benzene rings is 1. The van der Waals surface area contributed by atoms with E-state index in [1.807, 2.05) is 13.0 Å². The van der Waals surface area contributed by atoms with E-state index in [2.05, 4.69) is 25.7 Å². The molecule has 0 unspecified atom stereocenters. The Kier molecular flexibility index (Phi) is 4.55. The summed E-state index contributed by atoms with van der Waals surface area (Å²) >= 11 is 0. The number of para-hydroxylation sites is 1. The van der Waals surface area contributed by atoms with Crippen LogP contribution in [0.4, 0.5) is 5.69 Å². The average molecular weight is 235 g/mol. The van der Waals surface area contributed by atoms with Gasteiger partial charge in [0, 0.05) is 13.1 Å². The van der Waals surface area contributed by atoms with Gasteiger partial charge in [-0.3, -0.25) is 0 Å². The molecule has 17 heavy (non-hydrogen) atoms. The average Bonchev–Trinajstić information content (AvgIpc) is 2.25. The smallest absolute Gasteiger partial charge is 0.337 e. The van der Waals surface area contributed by atoms with Gasteiger partial charge >= 0.3 is 5.97 Å². The minimum atomic E-state index is -0.856. The first kappa shape index (κ1) is 13.6. The Labute approximate surface area is 103 Å². The molecule has 0 radical (unpaired) electrons. The van der Waals surface area contributed by atoms with Crippen LogP contribution in [0.2, 0.25) is 0 Å². The van der Waals surface area contributed by atoms with Crippen LogP contribution < -0.4 is 4.90 Å². The van der Waals surface area contributed by atoms with Gasteiger partial charge in [0.25, 0.3) is 0 Å². The second kappa shape index (κ2) is 5.71. The summed E-state index contributed by atoms with van der Waals surface area (Å²) in [6.07, 6.45) is 0. The Morgan fingerprint density at radius 2 is 2.06 bits per heavy atom. The molecule has 1 N–H and O–H groups in total. The Morgan fingerprint density at radius 3 is 2.53 bits per heavy atom. The highest BCUT2D eigenvalue weighted by molar-refractivity contribution is 5.95. The fourth-order valence-electron chi connectivity index (χ4n) is 2.07. The second-order valence-corrected chi connectivity index (χ2v) is 4.71. The van der Waals surface area contributed by atoms with Crippen LogP contribution in [0.15, 0.2) is 18.2 Å². The summed E-state index contributed by atoms with van der Waals surface area (Å²) in [5, 5.41) is 9.24. The number of aryl methyl sites for hydroxylation is 1. The second-order valence-electron chi connectivity index (χ2n) is 4.71. The summed E-state index contributed by atoms with van der Waals surface area (Å²) in [7, 11) is 0. The van der Waals surface area contributed by atoms with E-state index in [1.165, 1.54) is 0 Å². The van der Waals surface area contributed by atoms with Crippen molar-refractivity contribution in [3.05, 3.63) is 29.3 Å². The highest BCUT2D eigenvalue weighted by Crippen LogP contribution is 2.26. The lowest BCUT2D eigenvalue weighted by Gasteiger charge is -2.28. The zero-order valence-electron chi connectivity index (χ0n) is 11.0. The number of rotatable bonds is 5. The van der Waals surface area contributed by atoms with E-state index < -0.39 is 5.97 Å². The molecule has 0 amide bonds. The summed E-state index contributed by atoms with van der Waals surface area (Å²) in [4.78, 5) is 13.4. The molecule has 3 nitrogen and oxygen atoms in total. The van der Waals surface area contributed by atoms with Gasteiger partial charge in [-0.25, -0.2) is 4.79 Å². The van der Waals surface area contributed by atoms with Crippen molar-refractivity contribution in [1.82, 2.24) is 0 Å². The van der Waals surface area contributed by atoms with Crippen molar-refractivity contribution in [2.75, 3.05) is 18.0 Å². The first-order chi connectivity index (χ1) is 7.97. The lowest BCUT2D eigenvalue weighted by atomic mass is 10.1. The first-order valence-corrected chi connectivity index (χ1v) is 6.05. The fourth-order valence-corrected chi connectivity index (χ4v) is 2.07. The predicted octanol–water partition coefficient (Wildman–Crippen LogP) is 3.18. The van der Waals surface area contributed by atoms with Crippen LogP contribution in [-0.2, 0) is 0 Å². The van der Waals surface area contributed by atoms with Gasteiger partial charge in [0.1, 0.15) is 0 Å². The van der Waals surface area contributed by atoms with Gasteiger partial charge in [-0.1, -0.05) is 26.0 Å². The minimum Gasteiger partial charge on any atom is -0.478 e. The molecule has 0 heterocycles. The van der Waals surface area contributed by atoms with E-state index in [-0.39, 0.29) is 0 Å². The van der Waals surface area contributed by atoms with Crippen molar-refractivity contribution < 1.29 is 9.90 Å². The standard InChI is InChI=1S/C14H21NO2/c1-5-15(9-10(2)3)13-11(4)7-6-8-12(13)14(16)17/h6-8,10H,5,9H2,1-4H3,(H,16,17). The monoisotopic (exact) mass is 235 g/mol. The number of hydrogen-bond acceptors (Lipinski definition) is 2. The molecule has 1 rings (SSSR count). The largest absolute Gasteiger partial charge is 0.478 e. The van der Waals surface area contributed by atoms with Crippen molar-refractivity contribution in [3.8, 4) is 0 Å². The Hall–Kier alpha value is -1.51. The maximum absolute atomic E-state index is 11.3. The third-order valence-electron chi connectivity index (χ3n) is 2.75. The summed E-state index contributed by atoms with van der Waals surface area (Å²) < 4.78 is 0. The molecule has 0 fully saturated rings. The van der Waals surface area contributed by atoms with Crippen LogP contribution in [0.5, 0.6) is 0 Å². The highest BCUT2D eigenvalue weighted by Gasteiger charge is 2.17. The normalized spacial score (nSPS) is 10.6. The van der Waals surface area contributed by atoms with Crippen LogP contribution >= 0.6 is 0 Å². The third kappa shape index (κ3) is 3.22. The van der Waals surface area contributed by atoms with Crippen LogP contribution in [0, 0.1) is 12.8 Å². The molecule has 1 aromatic carbocycles. The third-order valence-corrected chi connectivity index (χ3v) is 2.75. The highest BCUT2D eigenvalue weighted by atomic mass is 16.4. The van der Waals surface area contributed by atoms with Gasteiger partial charge in [0.15, 0.2) is 0 Å². The predicted molar refractivity (Wildman–Crippen MR) is 70.9 cm³/mol. The molecule has 1 aromatic rings. The quantitative estimate of drug-likeness (QED) is 0.852. The molecule has 0 aliphatic carbocycles. The lowest BCUT2D eigenvalue weighted by Crippen LogP contribution is -2.29. The Bertz CT molecular complexity index is 399. The number of aromatic carboxylic acids is 1. The summed E-state index contributed by atoms with van der Waals surface area (Å²) in [5.41, 5.74) is 2.27. The van der Waals surface area contributed by atoms with E-state index in [0.717, 1.165) is 24.3 Å². The van der Waals surface area contributed by atoms with Crippen molar-refractivity contribution in [2.45, 2.75) is 27.7 Å². The molecule has 3 heteroatoms. The zero-order chi connectivity index (χ0) is 13.0. The van der Waals surface area contributed by atoms with E-state index >= 15 is 0 Å². The molecule has 94 valence electrons. The lowest BCUT2D eigenvalue weighted by molar-refractivity contribution is 0.0697. The van der Waals surface area contributed by atoms with E-state index in [0.29, 0.717) is 11.5 Å². The zero-order valence-corrected chi connectivity index (χ0v) is 11.0. The van der Waals surface area contributed by atoms with E-state index in [1.54, 1.807) is 12.1 Å². The maximum atomic E-state index is 11.3. The molecule has 0 spiro atoms. The van der Waals surface area contributed by atoms with E-state index in [9.17, 15) is 9.90 Å². The van der Waals surface area contributed by atoms with Gasteiger partial charge in [-0.2, -0.15) is 0 Å². The fraction of sp³-hybridized carbons (Fsp3) is 0.500. The summed E-state index contributed by atoms with van der Waals surface area (Å²) in [6.45, 7) is 10.00. The molecular formula is C14H21NO2. The van der Waals surface area contributed by atoms with Crippen LogP contribution in [0.3, 0.4) is 0 Å². The van der Waals surface area contributed by atoms with Crippen molar-refractivity contribution in [1.29, 1.82) is 0 Å². The topological polar surface area (TPSA) is 40.5 Å². The number of hydrogen-bond donors (Lipinski definition) is 1. The molecule has 0 aliphatic rings. The summed E-state index contributed by atoms with van der Waals surface area (Å²) in [6, 6.07) is 5.43. The first-order valence-electron chi connectivity index (χ1n) is 6.05. The minimum absolute atomic E-state index is 0.396. The van der Waals surface area contributed by atoms with Crippen LogP contribution in [-0.4, -0.2) is 24.2 Å². The van der Waals surface area contributed by atoms with Gasteiger partial charge in [-0.15, -0.1) is 0 Å². The van der Waals surface area contributed by atoms with Crippen molar-refractivity contribution in [2.24, 2.45) is 5.92 Å². The molecule has 0 bridgehead atoms. The number of carboxylic acid groups (broad SMARTS) is 1. The van der Waals surface area contributed by atoms with Crippen molar-refractivity contribution >= 4 is 11.7 Å². The number of nitrogens with zero attached hydrogens (tertiary/aromatic N) is 1. The van der Waals surface area contributed by atoms with E-state index in [4.69, 9.17) is 0 Å². The maximum Gasteiger partial charge on any atom is 0.337 e. The van der Waals surface area contributed by atoms with Gasteiger partial charge in [0.2, 0.25) is 0 Å². The SMILES string of the molecule is CCN(CC(C)C)c1c(C)cccc1C(=O)O. The van der Waals surface area contributed by atoms with Gasteiger partial charge in [-0.05, 0) is 31.4 Å². The Morgan fingerprint density at radius 1 is 1.41 bits per heavy atom. The summed E-state index contributed by atoms with van der Waals surface area (Å²) in [5.74, 6) is -0.345. The Balaban J connectivity index is 3.21. The van der Waals surface area contributed by atoms with Crippen molar-refractivity contribution in [3.63, 3.8) is 0 Å². The van der Waals surface area contributed by atoms with Gasteiger partial charge < -0.3 is 10.0 Å². The molecule has 0 saturated heterocycles. The molecular weight excluding hydrogens is 214 g/mol. The number of carbonyl (C=O) groups is 1. The van der Waals surface area contributed by atoms with Crippen LogP contribution in [0.25, 0.3) is 0 Å². The van der Waals surface area contributed by atoms with Gasteiger partial charge in [0.05, 0.1) is 11.3 Å². The molecule has 0 saturated carbocycles. The molecule has 0 atom stereocenters. The molecule has 0 aliphatic heterocycles. The van der Waals surface area contributed by atoms with Crippen LogP contribution in [0.1, 0.15) is 36.7 Å². The number of anilines is 1. The number of carboxylic acids is 1. The molecule has 0 aromatic heterocycles.